The van der Waals surface area contributed by atoms with Crippen molar-refractivity contribution < 1.29 is 14.0 Å². The second kappa shape index (κ2) is 6.75. The number of fused-ring (bicyclic) bond motifs is 1. The average molecular weight is 350 g/mol. The van der Waals surface area contributed by atoms with Gasteiger partial charge in [0.2, 0.25) is 5.91 Å². The summed E-state index contributed by atoms with van der Waals surface area (Å²) in [6.07, 6.45) is 3.77. The highest BCUT2D eigenvalue weighted by molar-refractivity contribution is 5.97. The Bertz CT molecular complexity index is 989. The first-order valence-electron chi connectivity index (χ1n) is 8.78. The van der Waals surface area contributed by atoms with Crippen molar-refractivity contribution in [3.05, 3.63) is 65.6 Å². The molecular weight excluding hydrogens is 331 g/mol. The van der Waals surface area contributed by atoms with Crippen LogP contribution in [0.2, 0.25) is 0 Å². The molecule has 1 aliphatic carbocycles. The Morgan fingerprint density at radius 2 is 2.00 bits per heavy atom. The lowest BCUT2D eigenvalue weighted by molar-refractivity contribution is -0.122. The number of carbonyl (C=O) groups excluding carboxylic acids is 2. The van der Waals surface area contributed by atoms with E-state index in [1.54, 1.807) is 28.8 Å². The summed E-state index contributed by atoms with van der Waals surface area (Å²) in [5.41, 5.74) is 2.55. The van der Waals surface area contributed by atoms with E-state index in [0.29, 0.717) is 11.3 Å². The minimum atomic E-state index is -0.296. The van der Waals surface area contributed by atoms with Gasteiger partial charge in [-0.05, 0) is 43.2 Å². The normalized spacial score (nSPS) is 14.2. The molecule has 0 radical (unpaired) electrons. The number of benzene rings is 2. The summed E-state index contributed by atoms with van der Waals surface area (Å²) in [4.78, 5) is 23.6. The topological polar surface area (TPSA) is 51.1 Å². The fraction of sp³-hybridized carbons (Fsp3) is 0.238. The van der Waals surface area contributed by atoms with Crippen molar-refractivity contribution in [2.24, 2.45) is 5.92 Å². The number of amides is 1. The molecule has 0 unspecified atom stereocenters. The largest absolute Gasteiger partial charge is 0.334 e. The number of anilines is 1. The second-order valence-corrected chi connectivity index (χ2v) is 6.76. The van der Waals surface area contributed by atoms with Gasteiger partial charge in [0.05, 0.1) is 12.2 Å². The highest BCUT2D eigenvalue weighted by atomic mass is 19.1. The number of aromatic nitrogens is 1. The molecule has 1 aromatic heterocycles. The Morgan fingerprint density at radius 3 is 2.69 bits per heavy atom. The number of halogens is 1. The molecule has 1 N–H and O–H groups in total. The van der Waals surface area contributed by atoms with Crippen molar-refractivity contribution in [1.82, 2.24) is 4.57 Å². The van der Waals surface area contributed by atoms with Crippen LogP contribution in [0.15, 0.2) is 48.5 Å². The SMILES string of the molecule is O=Cc1cc2cc(NC(=O)C3CCC3)ccc2n1Cc1ccccc1F. The molecule has 1 heterocycles. The van der Waals surface area contributed by atoms with E-state index in [1.165, 1.54) is 6.07 Å². The van der Waals surface area contributed by atoms with Gasteiger partial charge in [0.15, 0.2) is 6.29 Å². The van der Waals surface area contributed by atoms with Crippen LogP contribution in [0.1, 0.15) is 35.3 Å². The van der Waals surface area contributed by atoms with Crippen LogP contribution in [0, 0.1) is 11.7 Å². The van der Waals surface area contributed by atoms with Gasteiger partial charge in [0.25, 0.3) is 0 Å². The summed E-state index contributed by atoms with van der Waals surface area (Å²) in [5.74, 6) is -0.130. The molecule has 26 heavy (non-hydrogen) atoms. The summed E-state index contributed by atoms with van der Waals surface area (Å²) < 4.78 is 15.8. The second-order valence-electron chi connectivity index (χ2n) is 6.76. The first kappa shape index (κ1) is 16.5. The van der Waals surface area contributed by atoms with E-state index in [4.69, 9.17) is 0 Å². The number of hydrogen-bond acceptors (Lipinski definition) is 2. The van der Waals surface area contributed by atoms with Crippen molar-refractivity contribution in [2.75, 3.05) is 5.32 Å². The van der Waals surface area contributed by atoms with Gasteiger partial charge < -0.3 is 9.88 Å². The van der Waals surface area contributed by atoms with Crippen molar-refractivity contribution in [1.29, 1.82) is 0 Å². The number of nitrogens with zero attached hydrogens (tertiary/aromatic N) is 1. The molecule has 4 nitrogen and oxygen atoms in total. The molecule has 0 saturated heterocycles. The molecule has 0 spiro atoms. The fourth-order valence-electron chi connectivity index (χ4n) is 3.36. The Morgan fingerprint density at radius 1 is 1.19 bits per heavy atom. The maximum atomic E-state index is 14.0. The fourth-order valence-corrected chi connectivity index (χ4v) is 3.36. The maximum absolute atomic E-state index is 14.0. The molecule has 1 fully saturated rings. The van der Waals surface area contributed by atoms with Gasteiger partial charge in [-0.15, -0.1) is 0 Å². The molecule has 0 atom stereocenters. The third-order valence-corrected chi connectivity index (χ3v) is 5.08. The van der Waals surface area contributed by atoms with Crippen molar-refractivity contribution in [3.63, 3.8) is 0 Å². The summed E-state index contributed by atoms with van der Waals surface area (Å²) in [6.45, 7) is 0.276. The molecule has 1 amide bonds. The Kier molecular flexibility index (Phi) is 4.29. The molecule has 1 aliphatic rings. The molecule has 5 heteroatoms. The standard InChI is InChI=1S/C21H19FN2O2/c22-19-7-2-1-4-15(19)12-24-18(13-25)11-16-10-17(8-9-20(16)24)23-21(26)14-5-3-6-14/h1-2,4,7-11,13-14H,3,5-6,12H2,(H,23,26). The number of hydrogen-bond donors (Lipinski definition) is 1. The summed E-state index contributed by atoms with van der Waals surface area (Å²) in [7, 11) is 0. The first-order valence-corrected chi connectivity index (χ1v) is 8.78. The van der Waals surface area contributed by atoms with E-state index in [1.807, 2.05) is 18.2 Å². The summed E-state index contributed by atoms with van der Waals surface area (Å²) in [6, 6.07) is 13.9. The minimum absolute atomic E-state index is 0.0528. The van der Waals surface area contributed by atoms with E-state index in [-0.39, 0.29) is 24.2 Å². The average Bonchev–Trinajstić information content (AvgIpc) is 2.92. The number of nitrogens with one attached hydrogen (secondary N) is 1. The van der Waals surface area contributed by atoms with Gasteiger partial charge in [-0.25, -0.2) is 4.39 Å². The first-order chi connectivity index (χ1) is 12.7. The lowest BCUT2D eigenvalue weighted by Crippen LogP contribution is -2.27. The smallest absolute Gasteiger partial charge is 0.227 e. The lowest BCUT2D eigenvalue weighted by atomic mass is 9.85. The van der Waals surface area contributed by atoms with Crippen molar-refractivity contribution in [3.8, 4) is 0 Å². The zero-order chi connectivity index (χ0) is 18.1. The number of rotatable bonds is 5. The van der Waals surface area contributed by atoms with Crippen LogP contribution in [0.4, 0.5) is 10.1 Å². The van der Waals surface area contributed by atoms with Crippen LogP contribution < -0.4 is 5.32 Å². The molecule has 0 aliphatic heterocycles. The van der Waals surface area contributed by atoms with E-state index in [2.05, 4.69) is 5.32 Å². The van der Waals surface area contributed by atoms with Crippen LogP contribution >= 0.6 is 0 Å². The Labute approximate surface area is 150 Å². The van der Waals surface area contributed by atoms with E-state index in [9.17, 15) is 14.0 Å². The van der Waals surface area contributed by atoms with Crippen LogP contribution in [0.3, 0.4) is 0 Å². The molecule has 2 aromatic carbocycles. The molecule has 132 valence electrons. The zero-order valence-corrected chi connectivity index (χ0v) is 14.2. The van der Waals surface area contributed by atoms with Gasteiger partial charge in [0.1, 0.15) is 5.82 Å². The lowest BCUT2D eigenvalue weighted by Gasteiger charge is -2.24. The highest BCUT2D eigenvalue weighted by Gasteiger charge is 2.25. The van der Waals surface area contributed by atoms with Gasteiger partial charge in [-0.1, -0.05) is 24.6 Å². The number of aldehydes is 1. The summed E-state index contributed by atoms with van der Waals surface area (Å²) in [5, 5.41) is 3.79. The van der Waals surface area contributed by atoms with Gasteiger partial charge in [-0.2, -0.15) is 0 Å². The number of carbonyl (C=O) groups is 2. The quantitative estimate of drug-likeness (QED) is 0.694. The monoisotopic (exact) mass is 350 g/mol. The predicted molar refractivity (Wildman–Crippen MR) is 98.8 cm³/mol. The van der Waals surface area contributed by atoms with Gasteiger partial charge in [0, 0.05) is 28.1 Å². The Hall–Kier alpha value is -2.95. The van der Waals surface area contributed by atoms with Crippen LogP contribution in [0.5, 0.6) is 0 Å². The van der Waals surface area contributed by atoms with Crippen LogP contribution in [-0.4, -0.2) is 16.8 Å². The van der Waals surface area contributed by atoms with Crippen molar-refractivity contribution >= 4 is 28.8 Å². The molecule has 1 saturated carbocycles. The molecule has 4 rings (SSSR count). The molecular formula is C21H19FN2O2. The van der Waals surface area contributed by atoms with E-state index < -0.39 is 0 Å². The maximum Gasteiger partial charge on any atom is 0.227 e. The molecule has 0 bridgehead atoms. The van der Waals surface area contributed by atoms with E-state index >= 15 is 0 Å². The van der Waals surface area contributed by atoms with E-state index in [0.717, 1.165) is 42.1 Å². The molecule has 3 aromatic rings. The van der Waals surface area contributed by atoms with Crippen molar-refractivity contribution in [2.45, 2.75) is 25.8 Å². The third kappa shape index (κ3) is 3.01. The van der Waals surface area contributed by atoms with Crippen LogP contribution in [0.25, 0.3) is 10.9 Å². The minimum Gasteiger partial charge on any atom is -0.334 e. The predicted octanol–water partition coefficient (Wildman–Crippen LogP) is 4.38. The third-order valence-electron chi connectivity index (χ3n) is 5.08. The van der Waals surface area contributed by atoms with Gasteiger partial charge in [-0.3, -0.25) is 9.59 Å². The Balaban J connectivity index is 1.66. The highest BCUT2D eigenvalue weighted by Crippen LogP contribution is 2.29. The van der Waals surface area contributed by atoms with Gasteiger partial charge >= 0.3 is 0 Å². The van der Waals surface area contributed by atoms with Crippen LogP contribution in [-0.2, 0) is 11.3 Å². The summed E-state index contributed by atoms with van der Waals surface area (Å²) >= 11 is 0. The zero-order valence-electron chi connectivity index (χ0n) is 14.2.